The van der Waals surface area contributed by atoms with Crippen LogP contribution in [0.15, 0.2) is 66.7 Å². The van der Waals surface area contributed by atoms with Gasteiger partial charge in [-0.05, 0) is 42.3 Å². The van der Waals surface area contributed by atoms with Gasteiger partial charge in [-0.15, -0.1) is 0 Å². The van der Waals surface area contributed by atoms with Crippen LogP contribution in [-0.4, -0.2) is 19.6 Å². The summed E-state index contributed by atoms with van der Waals surface area (Å²) in [7, 11) is 1.58. The van der Waals surface area contributed by atoms with Crippen molar-refractivity contribution in [3.8, 4) is 17.2 Å². The Morgan fingerprint density at radius 3 is 2.39 bits per heavy atom. The summed E-state index contributed by atoms with van der Waals surface area (Å²) in [6.07, 6.45) is 0. The minimum absolute atomic E-state index is 0.142. The smallest absolute Gasteiger partial charge is 0.221 e. The number of carbonyl (C=O) groups excluding carboxylic acids is 1. The Balaban J connectivity index is 1.67. The van der Waals surface area contributed by atoms with Gasteiger partial charge < -0.3 is 24.8 Å². The summed E-state index contributed by atoms with van der Waals surface area (Å²) in [5.41, 5.74) is 3.68. The van der Waals surface area contributed by atoms with Gasteiger partial charge in [0.05, 0.1) is 19.4 Å². The molecule has 0 fully saturated rings. The predicted octanol–water partition coefficient (Wildman–Crippen LogP) is 5.24. The lowest BCUT2D eigenvalue weighted by molar-refractivity contribution is -0.114. The normalized spacial score (nSPS) is 10.3. The van der Waals surface area contributed by atoms with Crippen molar-refractivity contribution in [2.45, 2.75) is 27.0 Å². The zero-order chi connectivity index (χ0) is 22.1. The highest BCUT2D eigenvalue weighted by atomic mass is 16.5. The second-order valence-corrected chi connectivity index (χ2v) is 6.94. The molecule has 0 atom stereocenters. The highest BCUT2D eigenvalue weighted by Crippen LogP contribution is 2.31. The summed E-state index contributed by atoms with van der Waals surface area (Å²) in [4.78, 5) is 11.3. The van der Waals surface area contributed by atoms with Gasteiger partial charge in [-0.3, -0.25) is 4.79 Å². The fourth-order valence-corrected chi connectivity index (χ4v) is 3.08. The first kappa shape index (κ1) is 22.0. The number of methoxy groups -OCH3 is 1. The molecule has 31 heavy (non-hydrogen) atoms. The van der Waals surface area contributed by atoms with E-state index < -0.39 is 0 Å². The number of anilines is 2. The number of ether oxygens (including phenoxy) is 3. The standard InChI is InChI=1S/C25H28N2O4/c1-4-30-25-14-20(10-13-23(25)31-17-19-8-6-5-7-9-19)16-26-21-11-12-22(27-18(2)28)24(15-21)29-3/h5-15,26H,4,16-17H2,1-3H3,(H,27,28). The SMILES string of the molecule is CCOc1cc(CNc2ccc(NC(C)=O)c(OC)c2)ccc1OCc1ccccc1. The van der Waals surface area contributed by atoms with Crippen molar-refractivity contribution in [2.75, 3.05) is 24.4 Å². The van der Waals surface area contributed by atoms with E-state index in [1.54, 1.807) is 7.11 Å². The number of amides is 1. The second kappa shape index (κ2) is 10.9. The molecule has 0 aliphatic heterocycles. The lowest BCUT2D eigenvalue weighted by Gasteiger charge is -2.15. The maximum absolute atomic E-state index is 11.3. The fourth-order valence-electron chi connectivity index (χ4n) is 3.08. The molecule has 0 aliphatic carbocycles. The molecule has 0 spiro atoms. The van der Waals surface area contributed by atoms with Crippen molar-refractivity contribution in [3.63, 3.8) is 0 Å². The van der Waals surface area contributed by atoms with Crippen LogP contribution in [0.2, 0.25) is 0 Å². The predicted molar refractivity (Wildman–Crippen MR) is 123 cm³/mol. The molecule has 1 amide bonds. The van der Waals surface area contributed by atoms with Gasteiger partial charge in [0, 0.05) is 25.2 Å². The summed E-state index contributed by atoms with van der Waals surface area (Å²) in [5, 5.41) is 6.13. The van der Waals surface area contributed by atoms with Gasteiger partial charge in [0.15, 0.2) is 11.5 Å². The third-order valence-corrected chi connectivity index (χ3v) is 4.55. The molecule has 0 saturated heterocycles. The number of hydrogen-bond acceptors (Lipinski definition) is 5. The van der Waals surface area contributed by atoms with E-state index in [9.17, 15) is 4.79 Å². The van der Waals surface area contributed by atoms with E-state index in [2.05, 4.69) is 10.6 Å². The van der Waals surface area contributed by atoms with E-state index in [4.69, 9.17) is 14.2 Å². The lowest BCUT2D eigenvalue weighted by atomic mass is 10.2. The minimum Gasteiger partial charge on any atom is -0.494 e. The summed E-state index contributed by atoms with van der Waals surface area (Å²) in [6.45, 7) is 5.06. The summed E-state index contributed by atoms with van der Waals surface area (Å²) < 4.78 is 17.1. The van der Waals surface area contributed by atoms with Gasteiger partial charge in [0.1, 0.15) is 12.4 Å². The molecule has 0 aliphatic rings. The quantitative estimate of drug-likeness (QED) is 0.469. The molecule has 6 heteroatoms. The molecule has 0 unspecified atom stereocenters. The molecule has 6 nitrogen and oxygen atoms in total. The molecule has 0 aromatic heterocycles. The van der Waals surface area contributed by atoms with Crippen LogP contribution in [-0.2, 0) is 17.9 Å². The van der Waals surface area contributed by atoms with Crippen molar-refractivity contribution >= 4 is 17.3 Å². The van der Waals surface area contributed by atoms with E-state index in [0.717, 1.165) is 28.3 Å². The Kier molecular flexibility index (Phi) is 7.76. The third-order valence-electron chi connectivity index (χ3n) is 4.55. The zero-order valence-corrected chi connectivity index (χ0v) is 18.1. The van der Waals surface area contributed by atoms with Crippen LogP contribution in [0.3, 0.4) is 0 Å². The van der Waals surface area contributed by atoms with Gasteiger partial charge in [0.25, 0.3) is 0 Å². The molecule has 3 aromatic rings. The number of rotatable bonds is 10. The summed E-state index contributed by atoms with van der Waals surface area (Å²) >= 11 is 0. The molecular weight excluding hydrogens is 392 g/mol. The number of benzene rings is 3. The van der Waals surface area contributed by atoms with Crippen molar-refractivity contribution in [1.29, 1.82) is 0 Å². The van der Waals surface area contributed by atoms with Crippen LogP contribution in [0.5, 0.6) is 17.2 Å². The van der Waals surface area contributed by atoms with Crippen molar-refractivity contribution in [3.05, 3.63) is 77.9 Å². The zero-order valence-electron chi connectivity index (χ0n) is 18.1. The molecule has 0 radical (unpaired) electrons. The minimum atomic E-state index is -0.142. The topological polar surface area (TPSA) is 68.8 Å². The van der Waals surface area contributed by atoms with E-state index in [-0.39, 0.29) is 5.91 Å². The van der Waals surface area contributed by atoms with Crippen LogP contribution in [0.4, 0.5) is 11.4 Å². The summed E-state index contributed by atoms with van der Waals surface area (Å²) in [5.74, 6) is 1.89. The van der Waals surface area contributed by atoms with E-state index in [0.29, 0.717) is 31.2 Å². The highest BCUT2D eigenvalue weighted by molar-refractivity contribution is 5.90. The van der Waals surface area contributed by atoms with Crippen LogP contribution < -0.4 is 24.8 Å². The molecule has 3 rings (SSSR count). The van der Waals surface area contributed by atoms with Crippen molar-refractivity contribution in [1.82, 2.24) is 0 Å². The number of nitrogens with one attached hydrogen (secondary N) is 2. The Labute approximate surface area is 183 Å². The Bertz CT molecular complexity index is 1010. The van der Waals surface area contributed by atoms with Gasteiger partial charge in [-0.1, -0.05) is 36.4 Å². The summed E-state index contributed by atoms with van der Waals surface area (Å²) in [6, 6.07) is 21.5. The van der Waals surface area contributed by atoms with Gasteiger partial charge in [-0.25, -0.2) is 0 Å². The van der Waals surface area contributed by atoms with Gasteiger partial charge in [-0.2, -0.15) is 0 Å². The fraction of sp³-hybridized carbons (Fsp3) is 0.240. The molecule has 0 saturated carbocycles. The Morgan fingerprint density at radius 2 is 1.68 bits per heavy atom. The maximum Gasteiger partial charge on any atom is 0.221 e. The van der Waals surface area contributed by atoms with Crippen molar-refractivity contribution < 1.29 is 19.0 Å². The van der Waals surface area contributed by atoms with Crippen LogP contribution in [0.25, 0.3) is 0 Å². The molecule has 0 heterocycles. The highest BCUT2D eigenvalue weighted by Gasteiger charge is 2.09. The first-order valence-corrected chi connectivity index (χ1v) is 10.2. The van der Waals surface area contributed by atoms with Gasteiger partial charge >= 0.3 is 0 Å². The van der Waals surface area contributed by atoms with E-state index in [1.165, 1.54) is 6.92 Å². The van der Waals surface area contributed by atoms with Crippen LogP contribution >= 0.6 is 0 Å². The monoisotopic (exact) mass is 420 g/mol. The lowest BCUT2D eigenvalue weighted by Crippen LogP contribution is -2.08. The number of carbonyl (C=O) groups is 1. The average Bonchev–Trinajstić information content (AvgIpc) is 2.78. The molecule has 0 bridgehead atoms. The van der Waals surface area contributed by atoms with Crippen LogP contribution in [0.1, 0.15) is 25.0 Å². The van der Waals surface area contributed by atoms with E-state index in [1.807, 2.05) is 73.7 Å². The van der Waals surface area contributed by atoms with E-state index >= 15 is 0 Å². The molecule has 3 aromatic carbocycles. The Hall–Kier alpha value is -3.67. The third kappa shape index (κ3) is 6.40. The largest absolute Gasteiger partial charge is 0.494 e. The molecule has 2 N–H and O–H groups in total. The van der Waals surface area contributed by atoms with Crippen LogP contribution in [0, 0.1) is 0 Å². The first-order chi connectivity index (χ1) is 15.1. The first-order valence-electron chi connectivity index (χ1n) is 10.2. The molecular formula is C25H28N2O4. The second-order valence-electron chi connectivity index (χ2n) is 6.94. The van der Waals surface area contributed by atoms with Crippen molar-refractivity contribution in [2.24, 2.45) is 0 Å². The molecule has 162 valence electrons. The maximum atomic E-state index is 11.3. The number of hydrogen-bond donors (Lipinski definition) is 2. The Morgan fingerprint density at radius 1 is 0.871 bits per heavy atom. The van der Waals surface area contributed by atoms with Gasteiger partial charge in [0.2, 0.25) is 5.91 Å². The average molecular weight is 421 g/mol.